The summed E-state index contributed by atoms with van der Waals surface area (Å²) in [7, 11) is 0. The van der Waals surface area contributed by atoms with E-state index in [1.807, 2.05) is 0 Å². The van der Waals surface area contributed by atoms with Crippen molar-refractivity contribution in [1.29, 1.82) is 0 Å². The Balaban J connectivity index is 1.99. The van der Waals surface area contributed by atoms with Crippen LogP contribution in [0.5, 0.6) is 0 Å². The van der Waals surface area contributed by atoms with Gasteiger partial charge in [-0.15, -0.1) is 11.6 Å². The standard InChI is InChI=1S/C15H21ClN2O2/c1-2-13-5-3-4-10-17(13)11-15(16)12-6-8-14(9-7-12)18(19)20/h6-9,13,15H,2-5,10-11H2,1H3. The molecular weight excluding hydrogens is 276 g/mol. The van der Waals surface area contributed by atoms with Gasteiger partial charge in [-0.25, -0.2) is 0 Å². The smallest absolute Gasteiger partial charge is 0.269 e. The molecule has 0 aromatic heterocycles. The molecule has 1 saturated heterocycles. The van der Waals surface area contributed by atoms with Gasteiger partial charge in [-0.3, -0.25) is 15.0 Å². The number of non-ortho nitro benzene ring substituents is 1. The first-order valence-electron chi connectivity index (χ1n) is 7.24. The lowest BCUT2D eigenvalue weighted by Gasteiger charge is -2.36. The molecule has 0 radical (unpaired) electrons. The van der Waals surface area contributed by atoms with Crippen molar-refractivity contribution in [2.45, 2.75) is 44.0 Å². The Morgan fingerprint density at radius 2 is 2.10 bits per heavy atom. The first kappa shape index (κ1) is 15.3. The highest BCUT2D eigenvalue weighted by Crippen LogP contribution is 2.27. The van der Waals surface area contributed by atoms with E-state index in [1.54, 1.807) is 12.1 Å². The summed E-state index contributed by atoms with van der Waals surface area (Å²) >= 11 is 6.48. The monoisotopic (exact) mass is 296 g/mol. The lowest BCUT2D eigenvalue weighted by molar-refractivity contribution is -0.384. The fourth-order valence-corrected chi connectivity index (χ4v) is 3.20. The number of piperidine rings is 1. The molecule has 1 aliphatic rings. The SMILES string of the molecule is CCC1CCCCN1CC(Cl)c1ccc([N+](=O)[O-])cc1. The third-order valence-electron chi connectivity index (χ3n) is 4.08. The second kappa shape index (κ2) is 7.04. The predicted octanol–water partition coefficient (Wildman–Crippen LogP) is 4.14. The number of alkyl halides is 1. The molecule has 0 spiro atoms. The van der Waals surface area contributed by atoms with Gasteiger partial charge in [-0.05, 0) is 31.4 Å². The Hall–Kier alpha value is -1.13. The highest BCUT2D eigenvalue weighted by atomic mass is 35.5. The number of hydrogen-bond acceptors (Lipinski definition) is 3. The van der Waals surface area contributed by atoms with Gasteiger partial charge in [0.05, 0.1) is 10.3 Å². The van der Waals surface area contributed by atoms with E-state index >= 15 is 0 Å². The average Bonchev–Trinajstić information content (AvgIpc) is 2.48. The summed E-state index contributed by atoms with van der Waals surface area (Å²) in [6.45, 7) is 4.14. The molecular formula is C15H21ClN2O2. The molecule has 0 N–H and O–H groups in total. The summed E-state index contributed by atoms with van der Waals surface area (Å²) in [4.78, 5) is 12.7. The molecule has 5 heteroatoms. The zero-order valence-electron chi connectivity index (χ0n) is 11.8. The van der Waals surface area contributed by atoms with Gasteiger partial charge >= 0.3 is 0 Å². The number of halogens is 1. The third-order valence-corrected chi connectivity index (χ3v) is 4.47. The zero-order valence-corrected chi connectivity index (χ0v) is 12.6. The van der Waals surface area contributed by atoms with Crippen LogP contribution >= 0.6 is 11.6 Å². The first-order chi connectivity index (χ1) is 9.61. The molecule has 1 aromatic rings. The largest absolute Gasteiger partial charge is 0.299 e. The third kappa shape index (κ3) is 3.70. The molecule has 0 bridgehead atoms. The van der Waals surface area contributed by atoms with Crippen LogP contribution in [0, 0.1) is 10.1 Å². The van der Waals surface area contributed by atoms with Crippen LogP contribution in [0.3, 0.4) is 0 Å². The number of nitro benzene ring substituents is 1. The van der Waals surface area contributed by atoms with Crippen molar-refractivity contribution in [2.75, 3.05) is 13.1 Å². The topological polar surface area (TPSA) is 46.4 Å². The summed E-state index contributed by atoms with van der Waals surface area (Å²) < 4.78 is 0. The maximum Gasteiger partial charge on any atom is 0.269 e. The summed E-state index contributed by atoms with van der Waals surface area (Å²) in [6.07, 6.45) is 4.95. The fraction of sp³-hybridized carbons (Fsp3) is 0.600. The van der Waals surface area contributed by atoms with Crippen LogP contribution in [0.2, 0.25) is 0 Å². The molecule has 1 aliphatic heterocycles. The van der Waals surface area contributed by atoms with Gasteiger partial charge in [0.15, 0.2) is 0 Å². The molecule has 2 atom stereocenters. The zero-order chi connectivity index (χ0) is 14.5. The normalized spacial score (nSPS) is 21.6. The molecule has 2 rings (SSSR count). The summed E-state index contributed by atoms with van der Waals surface area (Å²) in [5.74, 6) is 0. The first-order valence-corrected chi connectivity index (χ1v) is 7.68. The van der Waals surface area contributed by atoms with Crippen molar-refractivity contribution in [3.05, 3.63) is 39.9 Å². The highest BCUT2D eigenvalue weighted by molar-refractivity contribution is 6.21. The van der Waals surface area contributed by atoms with Crippen LogP contribution in [-0.2, 0) is 0 Å². The Bertz CT molecular complexity index is 450. The molecule has 20 heavy (non-hydrogen) atoms. The van der Waals surface area contributed by atoms with Gasteiger partial charge in [0.25, 0.3) is 5.69 Å². The van der Waals surface area contributed by atoms with Crippen molar-refractivity contribution in [2.24, 2.45) is 0 Å². The van der Waals surface area contributed by atoms with E-state index in [2.05, 4.69) is 11.8 Å². The molecule has 110 valence electrons. The Morgan fingerprint density at radius 3 is 2.70 bits per heavy atom. The van der Waals surface area contributed by atoms with E-state index in [1.165, 1.54) is 31.4 Å². The minimum atomic E-state index is -0.384. The van der Waals surface area contributed by atoms with Crippen molar-refractivity contribution in [1.82, 2.24) is 4.90 Å². The van der Waals surface area contributed by atoms with Gasteiger partial charge < -0.3 is 0 Å². The molecule has 1 fully saturated rings. The van der Waals surface area contributed by atoms with Crippen LogP contribution in [0.1, 0.15) is 43.5 Å². The van der Waals surface area contributed by atoms with E-state index in [0.717, 1.165) is 25.1 Å². The van der Waals surface area contributed by atoms with Crippen LogP contribution in [-0.4, -0.2) is 29.0 Å². The van der Waals surface area contributed by atoms with Crippen LogP contribution in [0.4, 0.5) is 5.69 Å². The van der Waals surface area contributed by atoms with Gasteiger partial charge in [-0.2, -0.15) is 0 Å². The number of likely N-dealkylation sites (tertiary alicyclic amines) is 1. The molecule has 0 saturated carbocycles. The molecule has 1 aromatic carbocycles. The van der Waals surface area contributed by atoms with Gasteiger partial charge in [0.2, 0.25) is 0 Å². The number of nitrogens with zero attached hydrogens (tertiary/aromatic N) is 2. The maximum atomic E-state index is 10.6. The number of hydrogen-bond donors (Lipinski definition) is 0. The molecule has 0 aliphatic carbocycles. The van der Waals surface area contributed by atoms with Crippen molar-refractivity contribution in [3.8, 4) is 0 Å². The van der Waals surface area contributed by atoms with Crippen molar-refractivity contribution < 1.29 is 4.92 Å². The Kier molecular flexibility index (Phi) is 5.38. The van der Waals surface area contributed by atoms with E-state index < -0.39 is 0 Å². The lowest BCUT2D eigenvalue weighted by Crippen LogP contribution is -2.40. The predicted molar refractivity (Wildman–Crippen MR) is 81.2 cm³/mol. The second-order valence-electron chi connectivity index (χ2n) is 5.37. The maximum absolute atomic E-state index is 10.6. The minimum absolute atomic E-state index is 0.108. The van der Waals surface area contributed by atoms with E-state index in [4.69, 9.17) is 11.6 Å². The molecule has 0 amide bonds. The quantitative estimate of drug-likeness (QED) is 0.466. The van der Waals surface area contributed by atoms with Gasteiger partial charge in [-0.1, -0.05) is 25.5 Å². The minimum Gasteiger partial charge on any atom is -0.299 e. The van der Waals surface area contributed by atoms with Crippen LogP contribution in [0.15, 0.2) is 24.3 Å². The lowest BCUT2D eigenvalue weighted by atomic mass is 9.99. The molecule has 2 unspecified atom stereocenters. The van der Waals surface area contributed by atoms with E-state index in [-0.39, 0.29) is 16.0 Å². The number of rotatable bonds is 5. The second-order valence-corrected chi connectivity index (χ2v) is 5.90. The summed E-state index contributed by atoms with van der Waals surface area (Å²) in [6, 6.07) is 7.21. The van der Waals surface area contributed by atoms with Gasteiger partial charge in [0, 0.05) is 24.7 Å². The Morgan fingerprint density at radius 1 is 1.40 bits per heavy atom. The van der Waals surface area contributed by atoms with Crippen LogP contribution < -0.4 is 0 Å². The Labute approximate surface area is 124 Å². The van der Waals surface area contributed by atoms with E-state index in [9.17, 15) is 10.1 Å². The average molecular weight is 297 g/mol. The van der Waals surface area contributed by atoms with Gasteiger partial charge in [0.1, 0.15) is 0 Å². The van der Waals surface area contributed by atoms with Crippen LogP contribution in [0.25, 0.3) is 0 Å². The molecule has 1 heterocycles. The van der Waals surface area contributed by atoms with E-state index in [0.29, 0.717) is 6.04 Å². The van der Waals surface area contributed by atoms with Crippen molar-refractivity contribution in [3.63, 3.8) is 0 Å². The number of nitro groups is 1. The summed E-state index contributed by atoms with van der Waals surface area (Å²) in [5, 5.41) is 10.5. The van der Waals surface area contributed by atoms with Crippen molar-refractivity contribution >= 4 is 17.3 Å². The summed E-state index contributed by atoms with van der Waals surface area (Å²) in [5.41, 5.74) is 1.07. The highest BCUT2D eigenvalue weighted by Gasteiger charge is 2.23. The number of benzene rings is 1. The molecule has 4 nitrogen and oxygen atoms in total. The fourth-order valence-electron chi connectivity index (χ4n) is 2.88.